The van der Waals surface area contributed by atoms with Gasteiger partial charge in [0.05, 0.1) is 6.10 Å². The van der Waals surface area contributed by atoms with Crippen LogP contribution in [-0.4, -0.2) is 30.6 Å². The summed E-state index contributed by atoms with van der Waals surface area (Å²) in [4.78, 5) is 0. The number of aliphatic hydroxyl groups is 1. The first kappa shape index (κ1) is 16.3. The second-order valence-corrected chi connectivity index (χ2v) is 5.63. The van der Waals surface area contributed by atoms with Crippen LogP contribution >= 0.6 is 0 Å². The first-order chi connectivity index (χ1) is 9.96. The van der Waals surface area contributed by atoms with Crippen molar-refractivity contribution in [1.82, 2.24) is 0 Å². The van der Waals surface area contributed by atoms with Crippen LogP contribution < -0.4 is 0 Å². The predicted molar refractivity (Wildman–Crippen MR) is 74.2 cm³/mol. The van der Waals surface area contributed by atoms with Gasteiger partial charge < -0.3 is 9.84 Å². The maximum atomic E-state index is 11.9. The number of rotatable bonds is 6. The smallest absolute Gasteiger partial charge is 0.393 e. The summed E-state index contributed by atoms with van der Waals surface area (Å²) in [5.74, 6) is 0.299. The third-order valence-corrected chi connectivity index (χ3v) is 3.91. The molecule has 5 heteroatoms. The molecule has 1 N–H and O–H groups in total. The maximum absolute atomic E-state index is 11.9. The van der Waals surface area contributed by atoms with Gasteiger partial charge in [0.25, 0.3) is 0 Å². The molecule has 0 aliphatic heterocycles. The highest BCUT2D eigenvalue weighted by Crippen LogP contribution is 2.34. The van der Waals surface area contributed by atoms with Crippen molar-refractivity contribution in [3.05, 3.63) is 35.4 Å². The molecule has 2 rings (SSSR count). The van der Waals surface area contributed by atoms with Crippen LogP contribution in [0.15, 0.2) is 24.3 Å². The van der Waals surface area contributed by atoms with Gasteiger partial charge in [-0.2, -0.15) is 13.2 Å². The topological polar surface area (TPSA) is 29.5 Å². The first-order valence-corrected chi connectivity index (χ1v) is 7.36. The number of fused-ring (bicyclic) bond motifs is 1. The summed E-state index contributed by atoms with van der Waals surface area (Å²) in [5, 5.41) is 10.00. The maximum Gasteiger partial charge on any atom is 0.411 e. The van der Waals surface area contributed by atoms with Crippen LogP contribution in [0.2, 0.25) is 0 Å². The molecule has 2 nitrogen and oxygen atoms in total. The van der Waals surface area contributed by atoms with Gasteiger partial charge in [-0.25, -0.2) is 0 Å². The summed E-state index contributed by atoms with van der Waals surface area (Å²) in [6, 6.07) is 8.21. The molecule has 1 aromatic rings. The second kappa shape index (κ2) is 7.27. The molecule has 2 atom stereocenters. The Labute approximate surface area is 122 Å². The van der Waals surface area contributed by atoms with Crippen molar-refractivity contribution >= 4 is 0 Å². The zero-order valence-corrected chi connectivity index (χ0v) is 11.9. The molecule has 0 saturated heterocycles. The van der Waals surface area contributed by atoms with Gasteiger partial charge in [-0.15, -0.1) is 0 Å². The number of aliphatic hydroxyl groups excluding tert-OH is 1. The summed E-state index contributed by atoms with van der Waals surface area (Å²) in [7, 11) is 0. The molecule has 118 valence electrons. The summed E-state index contributed by atoms with van der Waals surface area (Å²) in [6.07, 6.45) is -0.892. The molecule has 21 heavy (non-hydrogen) atoms. The molecule has 0 aromatic heterocycles. The lowest BCUT2D eigenvalue weighted by Gasteiger charge is -2.27. The molecule has 1 aromatic carbocycles. The zero-order valence-electron chi connectivity index (χ0n) is 11.9. The number of hydrogen-bond acceptors (Lipinski definition) is 2. The van der Waals surface area contributed by atoms with Crippen molar-refractivity contribution in [2.75, 3.05) is 13.2 Å². The SMILES string of the molecule is OC(CCOCC(F)(F)F)CC1CCCc2ccccc21. The van der Waals surface area contributed by atoms with Crippen LogP contribution in [0.3, 0.4) is 0 Å². The summed E-state index contributed by atoms with van der Waals surface area (Å²) < 4.78 is 40.3. The van der Waals surface area contributed by atoms with Crippen molar-refractivity contribution in [2.24, 2.45) is 0 Å². The van der Waals surface area contributed by atoms with Crippen molar-refractivity contribution < 1.29 is 23.0 Å². The Morgan fingerprint density at radius 1 is 1.29 bits per heavy atom. The molecule has 0 bridgehead atoms. The van der Waals surface area contributed by atoms with Gasteiger partial charge in [0.1, 0.15) is 6.61 Å². The molecule has 0 radical (unpaired) electrons. The minimum atomic E-state index is -4.30. The van der Waals surface area contributed by atoms with Crippen molar-refractivity contribution in [3.8, 4) is 0 Å². The molecular formula is C16H21F3O2. The number of benzene rings is 1. The fraction of sp³-hybridized carbons (Fsp3) is 0.625. The van der Waals surface area contributed by atoms with Crippen LogP contribution in [0.4, 0.5) is 13.2 Å². The third kappa shape index (κ3) is 5.32. The number of ether oxygens (including phenoxy) is 1. The average molecular weight is 302 g/mol. The van der Waals surface area contributed by atoms with Crippen LogP contribution in [0.25, 0.3) is 0 Å². The van der Waals surface area contributed by atoms with E-state index in [2.05, 4.69) is 16.9 Å². The highest BCUT2D eigenvalue weighted by molar-refractivity contribution is 5.32. The molecule has 0 fully saturated rings. The zero-order chi connectivity index (χ0) is 15.3. The Hall–Kier alpha value is -1.07. The fourth-order valence-corrected chi connectivity index (χ4v) is 2.95. The average Bonchev–Trinajstić information content (AvgIpc) is 2.43. The van der Waals surface area contributed by atoms with Gasteiger partial charge in [-0.1, -0.05) is 24.3 Å². The lowest BCUT2D eigenvalue weighted by atomic mass is 9.80. The quantitative estimate of drug-likeness (QED) is 0.809. The minimum Gasteiger partial charge on any atom is -0.393 e. The van der Waals surface area contributed by atoms with E-state index in [0.29, 0.717) is 12.3 Å². The molecule has 0 amide bonds. The van der Waals surface area contributed by atoms with Gasteiger partial charge in [0, 0.05) is 6.61 Å². The molecular weight excluding hydrogens is 281 g/mol. The van der Waals surface area contributed by atoms with E-state index < -0.39 is 18.9 Å². The number of alkyl halides is 3. The second-order valence-electron chi connectivity index (χ2n) is 5.63. The first-order valence-electron chi connectivity index (χ1n) is 7.36. The predicted octanol–water partition coefficient (Wildman–Crippen LogP) is 3.83. The molecule has 0 spiro atoms. The monoisotopic (exact) mass is 302 g/mol. The van der Waals surface area contributed by atoms with Crippen LogP contribution in [-0.2, 0) is 11.2 Å². The van der Waals surface area contributed by atoms with Crippen molar-refractivity contribution in [1.29, 1.82) is 0 Å². The highest BCUT2D eigenvalue weighted by atomic mass is 19.4. The Kier molecular flexibility index (Phi) is 5.65. The minimum absolute atomic E-state index is 0.0605. The standard InChI is InChI=1S/C16H21F3O2/c17-16(18,19)11-21-9-8-14(20)10-13-6-3-5-12-4-1-2-7-15(12)13/h1-2,4,7,13-14,20H,3,5-6,8-11H2. The van der Waals surface area contributed by atoms with E-state index in [-0.39, 0.29) is 13.0 Å². The Morgan fingerprint density at radius 2 is 2.05 bits per heavy atom. The number of aryl methyl sites for hydroxylation is 1. The summed E-state index contributed by atoms with van der Waals surface area (Å²) in [5.41, 5.74) is 2.60. The van der Waals surface area contributed by atoms with E-state index in [0.717, 1.165) is 19.3 Å². The van der Waals surface area contributed by atoms with Crippen molar-refractivity contribution in [2.45, 2.75) is 50.3 Å². The van der Waals surface area contributed by atoms with Crippen LogP contribution in [0.1, 0.15) is 42.7 Å². The summed E-state index contributed by atoms with van der Waals surface area (Å²) in [6.45, 7) is -1.30. The number of hydrogen-bond donors (Lipinski definition) is 1. The fourth-order valence-electron chi connectivity index (χ4n) is 2.95. The van der Waals surface area contributed by atoms with Gasteiger partial charge >= 0.3 is 6.18 Å². The lowest BCUT2D eigenvalue weighted by Crippen LogP contribution is -2.21. The third-order valence-electron chi connectivity index (χ3n) is 3.91. The molecule has 1 aliphatic rings. The number of halogens is 3. The Morgan fingerprint density at radius 3 is 2.81 bits per heavy atom. The molecule has 0 heterocycles. The van der Waals surface area contributed by atoms with Crippen LogP contribution in [0, 0.1) is 0 Å². The molecule has 2 unspecified atom stereocenters. The Bertz CT molecular complexity index is 445. The van der Waals surface area contributed by atoms with Gasteiger partial charge in [0.15, 0.2) is 0 Å². The van der Waals surface area contributed by atoms with E-state index in [1.54, 1.807) is 0 Å². The van der Waals surface area contributed by atoms with Crippen molar-refractivity contribution in [3.63, 3.8) is 0 Å². The van der Waals surface area contributed by atoms with E-state index in [1.165, 1.54) is 11.1 Å². The lowest BCUT2D eigenvalue weighted by molar-refractivity contribution is -0.175. The van der Waals surface area contributed by atoms with E-state index in [1.807, 2.05) is 12.1 Å². The highest BCUT2D eigenvalue weighted by Gasteiger charge is 2.27. The van der Waals surface area contributed by atoms with Gasteiger partial charge in [-0.05, 0) is 49.1 Å². The molecule has 1 aliphatic carbocycles. The summed E-state index contributed by atoms with van der Waals surface area (Å²) >= 11 is 0. The van der Waals surface area contributed by atoms with Gasteiger partial charge in [-0.3, -0.25) is 0 Å². The molecule has 0 saturated carbocycles. The van der Waals surface area contributed by atoms with E-state index in [4.69, 9.17) is 0 Å². The largest absolute Gasteiger partial charge is 0.411 e. The van der Waals surface area contributed by atoms with Crippen LogP contribution in [0.5, 0.6) is 0 Å². The van der Waals surface area contributed by atoms with Gasteiger partial charge in [0.2, 0.25) is 0 Å². The van der Waals surface area contributed by atoms with E-state index in [9.17, 15) is 18.3 Å². The normalized spacial score (nSPS) is 20.1. The Balaban J connectivity index is 1.77. The van der Waals surface area contributed by atoms with E-state index >= 15 is 0 Å².